The van der Waals surface area contributed by atoms with Crippen LogP contribution in [0.15, 0.2) is 71.6 Å². The second-order valence-corrected chi connectivity index (χ2v) is 9.60. The van der Waals surface area contributed by atoms with Gasteiger partial charge in [0.15, 0.2) is 5.60 Å². The molecule has 4 rings (SSSR count). The molecule has 0 aliphatic heterocycles. The summed E-state index contributed by atoms with van der Waals surface area (Å²) in [5.41, 5.74) is 1.72. The number of aromatic nitrogens is 2. The first-order valence-electron chi connectivity index (χ1n) is 10.9. The minimum atomic E-state index is -4.75. The van der Waals surface area contributed by atoms with Crippen LogP contribution in [0.25, 0.3) is 16.6 Å². The van der Waals surface area contributed by atoms with E-state index in [0.717, 1.165) is 27.1 Å². The molecule has 3 aromatic carbocycles. The van der Waals surface area contributed by atoms with E-state index in [2.05, 4.69) is 4.74 Å². The maximum Gasteiger partial charge on any atom is 0.573 e. The van der Waals surface area contributed by atoms with E-state index in [1.54, 1.807) is 22.5 Å². The number of benzene rings is 3. The highest BCUT2D eigenvalue weighted by molar-refractivity contribution is 7.98. The molecule has 0 fully saturated rings. The highest BCUT2D eigenvalue weighted by Crippen LogP contribution is 2.32. The van der Waals surface area contributed by atoms with Crippen molar-refractivity contribution in [2.45, 2.75) is 43.4 Å². The number of fused-ring (bicyclic) bond motifs is 1. The van der Waals surface area contributed by atoms with E-state index in [1.807, 2.05) is 43.3 Å². The zero-order valence-electron chi connectivity index (χ0n) is 19.7. The Labute approximate surface area is 209 Å². The van der Waals surface area contributed by atoms with Crippen LogP contribution in [-0.4, -0.2) is 32.8 Å². The standard InChI is InChI=1S/C26H23F3N2O4S/c1-16-14-19(12-13-23(16)35-25(2,3)24(32)33)36-15-21-20-6-4-5-7-22(20)31(30-21)17-8-10-18(11-9-17)34-26(27,28)29/h4-14H,15H2,1-3H3,(H,32,33). The minimum Gasteiger partial charge on any atom is -0.478 e. The van der Waals surface area contributed by atoms with Gasteiger partial charge in [-0.2, -0.15) is 5.10 Å². The quantitative estimate of drug-likeness (QED) is 0.261. The maximum atomic E-state index is 12.5. The Hall–Kier alpha value is -3.66. The van der Waals surface area contributed by atoms with E-state index in [9.17, 15) is 23.1 Å². The molecule has 0 aliphatic carbocycles. The third-order valence-electron chi connectivity index (χ3n) is 5.38. The van der Waals surface area contributed by atoms with Crippen molar-refractivity contribution in [2.24, 2.45) is 0 Å². The zero-order chi connectivity index (χ0) is 26.1. The van der Waals surface area contributed by atoms with Gasteiger partial charge >= 0.3 is 12.3 Å². The number of carboxylic acid groups (broad SMARTS) is 1. The van der Waals surface area contributed by atoms with E-state index in [1.165, 1.54) is 38.1 Å². The van der Waals surface area contributed by atoms with Crippen molar-refractivity contribution in [1.29, 1.82) is 0 Å². The fourth-order valence-electron chi connectivity index (χ4n) is 3.52. The molecule has 0 spiro atoms. The Kier molecular flexibility index (Phi) is 6.90. The van der Waals surface area contributed by atoms with E-state index < -0.39 is 17.9 Å². The van der Waals surface area contributed by atoms with Gasteiger partial charge in [-0.05, 0) is 74.9 Å². The van der Waals surface area contributed by atoms with Crippen LogP contribution < -0.4 is 9.47 Å². The molecule has 0 radical (unpaired) electrons. The lowest BCUT2D eigenvalue weighted by molar-refractivity contribution is -0.274. The van der Waals surface area contributed by atoms with Gasteiger partial charge in [0.2, 0.25) is 0 Å². The number of nitrogens with zero attached hydrogens (tertiary/aromatic N) is 2. The highest BCUT2D eigenvalue weighted by atomic mass is 32.2. The number of hydrogen-bond acceptors (Lipinski definition) is 5. The Morgan fingerprint density at radius 1 is 1.03 bits per heavy atom. The third-order valence-corrected chi connectivity index (χ3v) is 6.39. The minimum absolute atomic E-state index is 0.298. The number of halogens is 3. The predicted octanol–water partition coefficient (Wildman–Crippen LogP) is 6.77. The molecule has 188 valence electrons. The third kappa shape index (κ3) is 5.76. The molecule has 10 heteroatoms. The van der Waals surface area contributed by atoms with Gasteiger partial charge in [-0.1, -0.05) is 18.2 Å². The van der Waals surface area contributed by atoms with Gasteiger partial charge in [-0.3, -0.25) is 0 Å². The molecular formula is C26H23F3N2O4S. The number of carbonyl (C=O) groups is 1. The van der Waals surface area contributed by atoms with Gasteiger partial charge in [0.05, 0.1) is 16.9 Å². The molecule has 0 saturated heterocycles. The number of aliphatic carboxylic acids is 1. The molecule has 0 saturated carbocycles. The summed E-state index contributed by atoms with van der Waals surface area (Å²) >= 11 is 1.56. The molecule has 0 bridgehead atoms. The fourth-order valence-corrected chi connectivity index (χ4v) is 4.46. The largest absolute Gasteiger partial charge is 0.573 e. The monoisotopic (exact) mass is 516 g/mol. The summed E-state index contributed by atoms with van der Waals surface area (Å²) in [7, 11) is 0. The molecular weight excluding hydrogens is 493 g/mol. The topological polar surface area (TPSA) is 73.6 Å². The molecule has 36 heavy (non-hydrogen) atoms. The number of carboxylic acids is 1. The van der Waals surface area contributed by atoms with E-state index in [0.29, 0.717) is 17.2 Å². The van der Waals surface area contributed by atoms with Crippen LogP contribution in [0.5, 0.6) is 11.5 Å². The average Bonchev–Trinajstić information content (AvgIpc) is 3.17. The number of rotatable bonds is 8. The smallest absolute Gasteiger partial charge is 0.478 e. The lowest BCUT2D eigenvalue weighted by Crippen LogP contribution is -2.38. The maximum absolute atomic E-state index is 12.5. The first kappa shape index (κ1) is 25.4. The average molecular weight is 517 g/mol. The summed E-state index contributed by atoms with van der Waals surface area (Å²) in [5, 5.41) is 15.0. The SMILES string of the molecule is Cc1cc(SCc2nn(-c3ccc(OC(F)(F)F)cc3)c3ccccc23)ccc1OC(C)(C)C(=O)O. The molecule has 0 aliphatic rings. The van der Waals surface area contributed by atoms with Gasteiger partial charge < -0.3 is 14.6 Å². The van der Waals surface area contributed by atoms with Crippen LogP contribution in [-0.2, 0) is 10.5 Å². The molecule has 1 heterocycles. The first-order chi connectivity index (χ1) is 16.9. The summed E-state index contributed by atoms with van der Waals surface area (Å²) in [5.74, 6) is -0.305. The van der Waals surface area contributed by atoms with Gasteiger partial charge in [0.1, 0.15) is 11.5 Å². The predicted molar refractivity (Wildman–Crippen MR) is 131 cm³/mol. The second kappa shape index (κ2) is 9.77. The summed E-state index contributed by atoms with van der Waals surface area (Å²) in [6, 6.07) is 18.7. The lowest BCUT2D eigenvalue weighted by Gasteiger charge is -2.23. The van der Waals surface area contributed by atoms with Gasteiger partial charge in [0, 0.05) is 16.0 Å². The summed E-state index contributed by atoms with van der Waals surface area (Å²) < 4.78 is 48.8. The van der Waals surface area contributed by atoms with E-state index in [4.69, 9.17) is 9.84 Å². The number of alkyl halides is 3. The molecule has 1 N–H and O–H groups in total. The van der Waals surface area contributed by atoms with Crippen LogP contribution in [0.4, 0.5) is 13.2 Å². The van der Waals surface area contributed by atoms with Crippen molar-refractivity contribution in [3.8, 4) is 17.2 Å². The van der Waals surface area contributed by atoms with E-state index in [-0.39, 0.29) is 5.75 Å². The summed E-state index contributed by atoms with van der Waals surface area (Å²) in [6.07, 6.45) is -4.75. The summed E-state index contributed by atoms with van der Waals surface area (Å²) in [4.78, 5) is 12.3. The van der Waals surface area contributed by atoms with Crippen LogP contribution in [0.3, 0.4) is 0 Å². The number of aryl methyl sites for hydroxylation is 1. The molecule has 0 unspecified atom stereocenters. The van der Waals surface area contributed by atoms with Crippen molar-refractivity contribution in [1.82, 2.24) is 9.78 Å². The van der Waals surface area contributed by atoms with Crippen LogP contribution in [0.1, 0.15) is 25.1 Å². The number of ether oxygens (including phenoxy) is 2. The Bertz CT molecular complexity index is 1400. The number of thioether (sulfide) groups is 1. The van der Waals surface area contributed by atoms with Crippen molar-refractivity contribution in [2.75, 3.05) is 0 Å². The normalized spacial score (nSPS) is 12.1. The number of hydrogen-bond donors (Lipinski definition) is 1. The fraction of sp³-hybridized carbons (Fsp3) is 0.231. The van der Waals surface area contributed by atoms with Gasteiger partial charge in [-0.15, -0.1) is 24.9 Å². The van der Waals surface area contributed by atoms with Crippen LogP contribution in [0.2, 0.25) is 0 Å². The zero-order valence-corrected chi connectivity index (χ0v) is 20.5. The number of para-hydroxylation sites is 1. The molecule has 6 nitrogen and oxygen atoms in total. The first-order valence-corrected chi connectivity index (χ1v) is 11.9. The van der Waals surface area contributed by atoms with Crippen molar-refractivity contribution in [3.63, 3.8) is 0 Å². The van der Waals surface area contributed by atoms with Crippen molar-refractivity contribution >= 4 is 28.6 Å². The summed E-state index contributed by atoms with van der Waals surface area (Å²) in [6.45, 7) is 4.85. The van der Waals surface area contributed by atoms with Crippen LogP contribution in [0, 0.1) is 6.92 Å². The molecule has 4 aromatic rings. The lowest BCUT2D eigenvalue weighted by atomic mass is 10.1. The van der Waals surface area contributed by atoms with Gasteiger partial charge in [0.25, 0.3) is 0 Å². The van der Waals surface area contributed by atoms with Gasteiger partial charge in [-0.25, -0.2) is 9.48 Å². The van der Waals surface area contributed by atoms with Crippen molar-refractivity contribution in [3.05, 3.63) is 78.0 Å². The molecule has 0 amide bonds. The molecule has 0 atom stereocenters. The second-order valence-electron chi connectivity index (χ2n) is 8.55. The Balaban J connectivity index is 1.55. The molecule has 1 aromatic heterocycles. The van der Waals surface area contributed by atoms with E-state index >= 15 is 0 Å². The highest BCUT2D eigenvalue weighted by Gasteiger charge is 2.31. The van der Waals surface area contributed by atoms with Crippen molar-refractivity contribution < 1.29 is 32.5 Å². The Morgan fingerprint density at radius 2 is 1.72 bits per heavy atom. The Morgan fingerprint density at radius 3 is 2.36 bits per heavy atom. The van der Waals surface area contributed by atoms with Crippen LogP contribution >= 0.6 is 11.8 Å².